The van der Waals surface area contributed by atoms with Gasteiger partial charge in [-0.2, -0.15) is 0 Å². The molecule has 3 aliphatic rings. The van der Waals surface area contributed by atoms with E-state index in [9.17, 15) is 0 Å². The highest BCUT2D eigenvalue weighted by Gasteiger charge is 2.50. The van der Waals surface area contributed by atoms with E-state index in [2.05, 4.69) is 45.9 Å². The van der Waals surface area contributed by atoms with Gasteiger partial charge in [0.2, 0.25) is 0 Å². The zero-order valence-corrected chi connectivity index (χ0v) is 14.8. The Hall–Kier alpha value is -0.680. The van der Waals surface area contributed by atoms with Crippen LogP contribution >= 0.6 is 0 Å². The second-order valence-corrected chi connectivity index (χ2v) is 7.49. The van der Waals surface area contributed by atoms with E-state index in [4.69, 9.17) is 18.9 Å². The topological polar surface area (TPSA) is 40.2 Å². The van der Waals surface area contributed by atoms with Gasteiger partial charge in [0.1, 0.15) is 0 Å². The SMILES string of the molecule is CC(/C=C/C1C[C@]2(CO2)CC(C)O1)=C\C[C@H]1OCC(C)C(C)O1. The molecule has 0 aromatic carbocycles. The molecule has 130 valence electrons. The third-order valence-corrected chi connectivity index (χ3v) is 5.11. The van der Waals surface area contributed by atoms with E-state index in [-0.39, 0.29) is 30.2 Å². The van der Waals surface area contributed by atoms with Crippen LogP contribution in [0.15, 0.2) is 23.8 Å². The maximum Gasteiger partial charge on any atom is 0.161 e. The lowest BCUT2D eigenvalue weighted by Gasteiger charge is -2.32. The summed E-state index contributed by atoms with van der Waals surface area (Å²) in [5, 5.41) is 0. The lowest BCUT2D eigenvalue weighted by molar-refractivity contribution is -0.226. The Bertz CT molecular complexity index is 466. The molecule has 23 heavy (non-hydrogen) atoms. The molecule has 3 saturated heterocycles. The Morgan fingerprint density at radius 3 is 2.65 bits per heavy atom. The zero-order valence-electron chi connectivity index (χ0n) is 14.8. The molecule has 3 fully saturated rings. The summed E-state index contributed by atoms with van der Waals surface area (Å²) in [4.78, 5) is 0. The summed E-state index contributed by atoms with van der Waals surface area (Å²) in [5.74, 6) is 0.471. The zero-order chi connectivity index (χ0) is 16.4. The van der Waals surface area contributed by atoms with E-state index in [1.54, 1.807) is 0 Å². The van der Waals surface area contributed by atoms with Crippen molar-refractivity contribution < 1.29 is 18.9 Å². The van der Waals surface area contributed by atoms with Crippen molar-refractivity contribution in [3.63, 3.8) is 0 Å². The molecule has 3 rings (SSSR count). The molecule has 0 bridgehead atoms. The molecule has 0 aromatic rings. The monoisotopic (exact) mass is 322 g/mol. The first-order valence-corrected chi connectivity index (χ1v) is 8.87. The molecule has 4 unspecified atom stereocenters. The molecule has 0 saturated carbocycles. The van der Waals surface area contributed by atoms with Crippen LogP contribution in [0.4, 0.5) is 0 Å². The summed E-state index contributed by atoms with van der Waals surface area (Å²) in [6.45, 7) is 10.2. The van der Waals surface area contributed by atoms with Crippen molar-refractivity contribution in [2.24, 2.45) is 5.92 Å². The highest BCUT2D eigenvalue weighted by molar-refractivity contribution is 5.18. The van der Waals surface area contributed by atoms with Crippen LogP contribution in [0.5, 0.6) is 0 Å². The minimum absolute atomic E-state index is 0.112. The molecule has 0 radical (unpaired) electrons. The quantitative estimate of drug-likeness (QED) is 0.585. The first kappa shape index (κ1) is 17.2. The van der Waals surface area contributed by atoms with Gasteiger partial charge in [0.05, 0.1) is 37.1 Å². The summed E-state index contributed by atoms with van der Waals surface area (Å²) in [5.41, 5.74) is 1.33. The number of hydrogen-bond donors (Lipinski definition) is 0. The fourth-order valence-electron chi connectivity index (χ4n) is 3.36. The third kappa shape index (κ3) is 4.66. The average molecular weight is 322 g/mol. The van der Waals surface area contributed by atoms with Crippen molar-refractivity contribution in [2.75, 3.05) is 13.2 Å². The fraction of sp³-hybridized carbons (Fsp3) is 0.789. The molecule has 3 aliphatic heterocycles. The van der Waals surface area contributed by atoms with Crippen LogP contribution in [-0.4, -0.2) is 43.4 Å². The molecule has 4 heteroatoms. The second-order valence-electron chi connectivity index (χ2n) is 7.49. The molecule has 4 nitrogen and oxygen atoms in total. The van der Waals surface area contributed by atoms with E-state index in [1.165, 1.54) is 5.57 Å². The molecule has 0 aromatic heterocycles. The number of allylic oxidation sites excluding steroid dienone is 2. The molecule has 3 heterocycles. The predicted octanol–water partition coefficient (Wildman–Crippen LogP) is 3.61. The van der Waals surface area contributed by atoms with E-state index in [0.29, 0.717) is 5.92 Å². The van der Waals surface area contributed by atoms with Gasteiger partial charge >= 0.3 is 0 Å². The number of rotatable bonds is 4. The van der Waals surface area contributed by atoms with Gasteiger partial charge < -0.3 is 18.9 Å². The Balaban J connectivity index is 1.47. The van der Waals surface area contributed by atoms with Crippen LogP contribution in [0.1, 0.15) is 47.0 Å². The highest BCUT2D eigenvalue weighted by Crippen LogP contribution is 2.42. The van der Waals surface area contributed by atoms with Crippen LogP contribution < -0.4 is 0 Å². The van der Waals surface area contributed by atoms with E-state index >= 15 is 0 Å². The first-order chi connectivity index (χ1) is 11.0. The fourth-order valence-corrected chi connectivity index (χ4v) is 3.36. The third-order valence-electron chi connectivity index (χ3n) is 5.11. The van der Waals surface area contributed by atoms with Gasteiger partial charge in [-0.05, 0) is 20.8 Å². The van der Waals surface area contributed by atoms with Crippen LogP contribution in [0, 0.1) is 5.92 Å². The molecule has 0 N–H and O–H groups in total. The summed E-state index contributed by atoms with van der Waals surface area (Å²) in [6, 6.07) is 0. The van der Waals surface area contributed by atoms with Gasteiger partial charge in [-0.15, -0.1) is 0 Å². The van der Waals surface area contributed by atoms with Crippen LogP contribution in [0.3, 0.4) is 0 Å². The Labute approximate surface area is 139 Å². The summed E-state index contributed by atoms with van der Waals surface area (Å²) < 4.78 is 23.2. The molecular formula is C19H30O4. The smallest absolute Gasteiger partial charge is 0.161 e. The van der Waals surface area contributed by atoms with E-state index in [1.807, 2.05) is 0 Å². The van der Waals surface area contributed by atoms with Gasteiger partial charge in [0, 0.05) is 25.2 Å². The summed E-state index contributed by atoms with van der Waals surface area (Å²) in [7, 11) is 0. The van der Waals surface area contributed by atoms with Gasteiger partial charge in [0.15, 0.2) is 6.29 Å². The normalized spacial score (nSPS) is 44.9. The van der Waals surface area contributed by atoms with Gasteiger partial charge in [-0.25, -0.2) is 0 Å². The van der Waals surface area contributed by atoms with Crippen molar-refractivity contribution in [3.05, 3.63) is 23.8 Å². The van der Waals surface area contributed by atoms with E-state index in [0.717, 1.165) is 32.5 Å². The minimum atomic E-state index is -0.112. The molecule has 0 aliphatic carbocycles. The van der Waals surface area contributed by atoms with Gasteiger partial charge in [-0.1, -0.05) is 30.7 Å². The molecular weight excluding hydrogens is 292 g/mol. The average Bonchev–Trinajstić information content (AvgIpc) is 3.24. The molecule has 1 spiro atoms. The van der Waals surface area contributed by atoms with Gasteiger partial charge in [0.25, 0.3) is 0 Å². The van der Waals surface area contributed by atoms with Crippen molar-refractivity contribution >= 4 is 0 Å². The predicted molar refractivity (Wildman–Crippen MR) is 89.2 cm³/mol. The molecule has 0 amide bonds. The standard InChI is InChI=1S/C19H30O4/c1-13(6-8-18-20-11-14(2)16(4)23-18)5-7-17-10-19(12-21-19)9-15(3)22-17/h5-7,14-18H,8-12H2,1-4H3/b7-5+,13-6+/t14?,15?,16?,17?,18-,19-/m0/s1. The largest absolute Gasteiger partial charge is 0.371 e. The van der Waals surface area contributed by atoms with Gasteiger partial charge in [-0.3, -0.25) is 0 Å². The summed E-state index contributed by atoms with van der Waals surface area (Å²) in [6.07, 6.45) is 9.88. The van der Waals surface area contributed by atoms with Crippen LogP contribution in [0.2, 0.25) is 0 Å². The number of ether oxygens (including phenoxy) is 4. The van der Waals surface area contributed by atoms with Crippen molar-refractivity contribution in [1.82, 2.24) is 0 Å². The number of epoxide rings is 1. The Kier molecular flexibility index (Phi) is 5.26. The maximum atomic E-state index is 5.99. The Morgan fingerprint density at radius 1 is 1.17 bits per heavy atom. The van der Waals surface area contributed by atoms with Crippen LogP contribution in [-0.2, 0) is 18.9 Å². The van der Waals surface area contributed by atoms with Crippen LogP contribution in [0.25, 0.3) is 0 Å². The lowest BCUT2D eigenvalue weighted by atomic mass is 9.92. The van der Waals surface area contributed by atoms with Crippen molar-refractivity contribution in [1.29, 1.82) is 0 Å². The van der Waals surface area contributed by atoms with Crippen molar-refractivity contribution in [3.8, 4) is 0 Å². The number of hydrogen-bond acceptors (Lipinski definition) is 4. The maximum absolute atomic E-state index is 5.99. The molecule has 6 atom stereocenters. The first-order valence-electron chi connectivity index (χ1n) is 8.87. The van der Waals surface area contributed by atoms with Crippen molar-refractivity contribution in [2.45, 2.75) is 77.2 Å². The second kappa shape index (κ2) is 7.06. The summed E-state index contributed by atoms with van der Waals surface area (Å²) >= 11 is 0. The van der Waals surface area contributed by atoms with E-state index < -0.39 is 0 Å². The Morgan fingerprint density at radius 2 is 1.96 bits per heavy atom. The minimum Gasteiger partial charge on any atom is -0.371 e. The highest BCUT2D eigenvalue weighted by atomic mass is 16.7. The lowest BCUT2D eigenvalue weighted by Crippen LogP contribution is -2.36.